The molecule has 0 aliphatic rings. The predicted octanol–water partition coefficient (Wildman–Crippen LogP) is 6.13. The summed E-state index contributed by atoms with van der Waals surface area (Å²) in [4.78, 5) is 42.5. The molecule has 0 spiro atoms. The number of alkyl carbamates (subject to hydrolysis) is 1. The summed E-state index contributed by atoms with van der Waals surface area (Å²) in [5, 5.41) is 5.71. The van der Waals surface area contributed by atoms with E-state index in [0.717, 1.165) is 16.7 Å². The van der Waals surface area contributed by atoms with Crippen molar-refractivity contribution in [3.63, 3.8) is 0 Å². The summed E-state index contributed by atoms with van der Waals surface area (Å²) < 4.78 is 5.39. The lowest BCUT2D eigenvalue weighted by atomic mass is 9.91. The number of aryl methyl sites for hydroxylation is 3. The lowest BCUT2D eigenvalue weighted by Gasteiger charge is -2.44. The standard InChI is InChI=1S/C30H43N3O4S/c1-10-30(8,9)33(27(35)24(18-38)32-28(36)37-29(5,6)7)25(22-16-19(2)15-20(3)17-22)26(34)31-23-14-12-11-13-21(23)4/h11-17,24-25,38H,10,18H2,1-9H3,(H,31,34)(H,32,36). The van der Waals surface area contributed by atoms with Crippen molar-refractivity contribution in [2.45, 2.75) is 92.0 Å². The maximum absolute atomic E-state index is 14.2. The number of nitrogens with zero attached hydrogens (tertiary/aromatic N) is 1. The van der Waals surface area contributed by atoms with Crippen LogP contribution in [0.5, 0.6) is 0 Å². The van der Waals surface area contributed by atoms with Gasteiger partial charge >= 0.3 is 6.09 Å². The fourth-order valence-corrected chi connectivity index (χ4v) is 4.50. The lowest BCUT2D eigenvalue weighted by Crippen LogP contribution is -2.59. The van der Waals surface area contributed by atoms with Gasteiger partial charge in [-0.1, -0.05) is 54.4 Å². The number of carbonyl (C=O) groups is 3. The van der Waals surface area contributed by atoms with Gasteiger partial charge in [0, 0.05) is 17.0 Å². The third kappa shape index (κ3) is 8.25. The van der Waals surface area contributed by atoms with Crippen molar-refractivity contribution < 1.29 is 19.1 Å². The Morgan fingerprint density at radius 3 is 2.05 bits per heavy atom. The van der Waals surface area contributed by atoms with Crippen LogP contribution in [0.1, 0.15) is 76.3 Å². The largest absolute Gasteiger partial charge is 0.444 e. The molecular formula is C30H43N3O4S. The van der Waals surface area contributed by atoms with Crippen LogP contribution in [0, 0.1) is 20.8 Å². The van der Waals surface area contributed by atoms with Crippen LogP contribution in [0.25, 0.3) is 0 Å². The molecule has 2 N–H and O–H groups in total. The number of benzene rings is 2. The lowest BCUT2D eigenvalue weighted by molar-refractivity contribution is -0.147. The van der Waals surface area contributed by atoms with Gasteiger partial charge in [-0.25, -0.2) is 4.79 Å². The minimum Gasteiger partial charge on any atom is -0.444 e. The molecule has 2 aromatic carbocycles. The first-order valence-corrected chi connectivity index (χ1v) is 13.6. The molecule has 0 heterocycles. The van der Waals surface area contributed by atoms with Gasteiger partial charge in [0.05, 0.1) is 0 Å². The van der Waals surface area contributed by atoms with Crippen molar-refractivity contribution in [3.05, 3.63) is 64.7 Å². The molecule has 7 nitrogen and oxygen atoms in total. The van der Waals surface area contributed by atoms with Crippen molar-refractivity contribution in [2.24, 2.45) is 0 Å². The van der Waals surface area contributed by atoms with Crippen LogP contribution in [-0.4, -0.2) is 45.7 Å². The number of thiol groups is 1. The van der Waals surface area contributed by atoms with E-state index in [0.29, 0.717) is 17.7 Å². The molecule has 208 valence electrons. The van der Waals surface area contributed by atoms with E-state index in [1.54, 1.807) is 25.7 Å². The summed E-state index contributed by atoms with van der Waals surface area (Å²) >= 11 is 4.38. The molecule has 0 aliphatic carbocycles. The molecule has 0 fully saturated rings. The van der Waals surface area contributed by atoms with Gasteiger partial charge in [0.25, 0.3) is 5.91 Å². The molecule has 2 rings (SSSR count). The number of rotatable bonds is 9. The van der Waals surface area contributed by atoms with Gasteiger partial charge in [0.2, 0.25) is 5.91 Å². The number of ether oxygens (including phenoxy) is 1. The van der Waals surface area contributed by atoms with Gasteiger partial charge in [0.15, 0.2) is 0 Å². The number of carbonyl (C=O) groups excluding carboxylic acids is 3. The normalized spacial score (nSPS) is 13.3. The van der Waals surface area contributed by atoms with Crippen LogP contribution in [0.4, 0.5) is 10.5 Å². The van der Waals surface area contributed by atoms with Crippen molar-refractivity contribution in [1.82, 2.24) is 10.2 Å². The zero-order valence-electron chi connectivity index (χ0n) is 24.1. The van der Waals surface area contributed by atoms with Gasteiger partial charge in [0.1, 0.15) is 17.7 Å². The van der Waals surface area contributed by atoms with Crippen molar-refractivity contribution in [2.75, 3.05) is 11.1 Å². The molecule has 0 aliphatic heterocycles. The number of amides is 3. The first-order valence-electron chi connectivity index (χ1n) is 13.0. The van der Waals surface area contributed by atoms with Gasteiger partial charge < -0.3 is 20.3 Å². The second-order valence-electron chi connectivity index (χ2n) is 11.4. The van der Waals surface area contributed by atoms with Crippen LogP contribution < -0.4 is 10.6 Å². The van der Waals surface area contributed by atoms with Crippen LogP contribution in [0.15, 0.2) is 42.5 Å². The quantitative estimate of drug-likeness (QED) is 0.333. The molecule has 38 heavy (non-hydrogen) atoms. The SMILES string of the molecule is CCC(C)(C)N(C(=O)C(CS)NC(=O)OC(C)(C)C)C(C(=O)Nc1ccccc1C)c1cc(C)cc(C)c1. The molecule has 2 atom stereocenters. The molecule has 8 heteroatoms. The van der Waals surface area contributed by atoms with E-state index in [1.807, 2.05) is 84.0 Å². The third-order valence-corrected chi connectivity index (χ3v) is 6.76. The molecule has 2 aromatic rings. The Morgan fingerprint density at radius 1 is 0.974 bits per heavy atom. The van der Waals surface area contributed by atoms with Gasteiger partial charge in [-0.2, -0.15) is 12.6 Å². The smallest absolute Gasteiger partial charge is 0.408 e. The Hall–Kier alpha value is -3.00. The molecule has 0 saturated heterocycles. The van der Waals surface area contributed by atoms with Gasteiger partial charge in [-0.15, -0.1) is 0 Å². The van der Waals surface area contributed by atoms with Crippen LogP contribution in [0.3, 0.4) is 0 Å². The third-order valence-electron chi connectivity index (χ3n) is 6.40. The summed E-state index contributed by atoms with van der Waals surface area (Å²) in [6.45, 7) is 16.9. The fourth-order valence-electron chi connectivity index (χ4n) is 4.25. The minimum atomic E-state index is -1.00. The van der Waals surface area contributed by atoms with E-state index >= 15 is 0 Å². The van der Waals surface area contributed by atoms with Gasteiger partial charge in [-0.3, -0.25) is 9.59 Å². The van der Waals surface area contributed by atoms with E-state index in [9.17, 15) is 14.4 Å². The number of hydrogen-bond acceptors (Lipinski definition) is 5. The van der Waals surface area contributed by atoms with Crippen molar-refractivity contribution in [3.8, 4) is 0 Å². The molecule has 0 saturated carbocycles. The monoisotopic (exact) mass is 541 g/mol. The Labute approximate surface area is 233 Å². The van der Waals surface area contributed by atoms with E-state index in [4.69, 9.17) is 4.74 Å². The zero-order valence-corrected chi connectivity index (χ0v) is 25.0. The minimum absolute atomic E-state index is 0.0351. The second kappa shape index (κ2) is 12.7. The molecule has 0 radical (unpaired) electrons. The average molecular weight is 542 g/mol. The Bertz CT molecular complexity index is 1140. The van der Waals surface area contributed by atoms with Crippen molar-refractivity contribution >= 4 is 36.2 Å². The number of anilines is 1. The van der Waals surface area contributed by atoms with E-state index in [2.05, 4.69) is 23.3 Å². The summed E-state index contributed by atoms with van der Waals surface area (Å²) in [5.74, 6) is -0.718. The maximum atomic E-state index is 14.2. The topological polar surface area (TPSA) is 87.7 Å². The van der Waals surface area contributed by atoms with E-state index < -0.39 is 35.2 Å². The molecule has 2 unspecified atom stereocenters. The molecular weight excluding hydrogens is 498 g/mol. The Morgan fingerprint density at radius 2 is 1.55 bits per heavy atom. The first-order chi connectivity index (χ1) is 17.6. The highest BCUT2D eigenvalue weighted by Crippen LogP contribution is 2.34. The first kappa shape index (κ1) is 31.2. The number of hydrogen-bond donors (Lipinski definition) is 3. The molecule has 3 amide bonds. The summed E-state index contributed by atoms with van der Waals surface area (Å²) in [6.07, 6.45) is -0.143. The zero-order chi connectivity index (χ0) is 28.8. The molecule has 0 bridgehead atoms. The summed E-state index contributed by atoms with van der Waals surface area (Å²) in [5.41, 5.74) is 2.77. The fraction of sp³-hybridized carbons (Fsp3) is 0.500. The predicted molar refractivity (Wildman–Crippen MR) is 157 cm³/mol. The van der Waals surface area contributed by atoms with Crippen molar-refractivity contribution in [1.29, 1.82) is 0 Å². The maximum Gasteiger partial charge on any atom is 0.408 e. The number of nitrogens with one attached hydrogen (secondary N) is 2. The van der Waals surface area contributed by atoms with Crippen LogP contribution in [0.2, 0.25) is 0 Å². The Kier molecular flexibility index (Phi) is 10.4. The Balaban J connectivity index is 2.64. The van der Waals surface area contributed by atoms with Gasteiger partial charge in [-0.05, 0) is 79.0 Å². The highest BCUT2D eigenvalue weighted by Gasteiger charge is 2.43. The summed E-state index contributed by atoms with van der Waals surface area (Å²) in [6, 6.07) is 11.4. The highest BCUT2D eigenvalue weighted by molar-refractivity contribution is 7.80. The summed E-state index contributed by atoms with van der Waals surface area (Å²) in [7, 11) is 0. The molecule has 0 aromatic heterocycles. The average Bonchev–Trinajstić information content (AvgIpc) is 2.79. The van der Waals surface area contributed by atoms with Crippen LogP contribution in [-0.2, 0) is 14.3 Å². The second-order valence-corrected chi connectivity index (χ2v) is 11.7. The highest BCUT2D eigenvalue weighted by atomic mass is 32.1. The number of para-hydroxylation sites is 1. The van der Waals surface area contributed by atoms with E-state index in [-0.39, 0.29) is 11.7 Å². The van der Waals surface area contributed by atoms with E-state index in [1.165, 1.54) is 0 Å². The van der Waals surface area contributed by atoms with Crippen LogP contribution >= 0.6 is 12.6 Å².